The summed E-state index contributed by atoms with van der Waals surface area (Å²) in [5.74, 6) is 0.853. The Balaban J connectivity index is 1.82. The Labute approximate surface area is 137 Å². The van der Waals surface area contributed by atoms with E-state index in [2.05, 4.69) is 68.9 Å². The first-order chi connectivity index (χ1) is 10.8. The molecule has 0 bridgehead atoms. The lowest BCUT2D eigenvalue weighted by molar-refractivity contribution is 0.418. The maximum Gasteiger partial charge on any atom is 0.409 e. The first kappa shape index (κ1) is 13.5. The van der Waals surface area contributed by atoms with Gasteiger partial charge in [0.1, 0.15) is 5.75 Å². The lowest BCUT2D eigenvalue weighted by atomic mass is 9.65. The van der Waals surface area contributed by atoms with Gasteiger partial charge in [-0.15, -0.1) is 0 Å². The van der Waals surface area contributed by atoms with Gasteiger partial charge in [-0.3, -0.25) is 0 Å². The number of anilines is 2. The van der Waals surface area contributed by atoms with Crippen molar-refractivity contribution >= 4 is 50.5 Å². The van der Waals surface area contributed by atoms with Crippen LogP contribution in [0.5, 0.6) is 5.75 Å². The van der Waals surface area contributed by atoms with E-state index in [0.717, 1.165) is 27.1 Å². The van der Waals surface area contributed by atoms with Gasteiger partial charge < -0.3 is 15.2 Å². The van der Waals surface area contributed by atoms with Gasteiger partial charge in [0.25, 0.3) is 0 Å². The van der Waals surface area contributed by atoms with Gasteiger partial charge in [-0.2, -0.15) is 0 Å². The van der Waals surface area contributed by atoms with Gasteiger partial charge >= 0.3 is 6.98 Å². The number of methoxy groups -OCH3 is 1. The fourth-order valence-corrected chi connectivity index (χ4v) is 3.35. The molecule has 0 saturated heterocycles. The zero-order valence-electron chi connectivity index (χ0n) is 12.1. The van der Waals surface area contributed by atoms with Crippen LogP contribution in [0.3, 0.4) is 0 Å². The van der Waals surface area contributed by atoms with Gasteiger partial charge in [-0.25, -0.2) is 0 Å². The molecule has 5 heteroatoms. The van der Waals surface area contributed by atoms with Crippen molar-refractivity contribution in [3.8, 4) is 5.75 Å². The molecule has 2 N–H and O–H groups in total. The fraction of sp³-hybridized carbons (Fsp3) is 0.0588. The minimum absolute atomic E-state index is 0.0245. The number of benzene rings is 3. The van der Waals surface area contributed by atoms with Crippen LogP contribution >= 0.6 is 15.9 Å². The van der Waals surface area contributed by atoms with Crippen molar-refractivity contribution in [1.82, 2.24) is 0 Å². The molecular formula is C17H14BBrN2O. The molecule has 22 heavy (non-hydrogen) atoms. The zero-order chi connectivity index (χ0) is 15.1. The van der Waals surface area contributed by atoms with Gasteiger partial charge in [0.15, 0.2) is 0 Å². The standard InChI is InChI=1S/C17H14BBrN2O/c1-22-16-10-12(19)8-9-13(16)18-20-14-6-2-4-11-5-3-7-15(21-18)17(11)14/h2-10,20-21H,1H3. The molecule has 0 spiro atoms. The monoisotopic (exact) mass is 352 g/mol. The third kappa shape index (κ3) is 2.13. The molecule has 1 aliphatic heterocycles. The minimum atomic E-state index is -0.0245. The SMILES string of the molecule is COc1cc(Br)ccc1B1Nc2cccc3cccc(c23)N1. The van der Waals surface area contributed by atoms with Crippen molar-refractivity contribution in [2.24, 2.45) is 0 Å². The molecule has 0 unspecified atom stereocenters. The van der Waals surface area contributed by atoms with E-state index in [9.17, 15) is 0 Å². The van der Waals surface area contributed by atoms with E-state index in [0.29, 0.717) is 0 Å². The average molecular weight is 353 g/mol. The van der Waals surface area contributed by atoms with Gasteiger partial charge in [0.05, 0.1) is 7.11 Å². The second kappa shape index (κ2) is 5.25. The van der Waals surface area contributed by atoms with Gasteiger partial charge in [0.2, 0.25) is 0 Å². The Hall–Kier alpha value is -2.14. The highest BCUT2D eigenvalue weighted by Crippen LogP contribution is 2.34. The summed E-state index contributed by atoms with van der Waals surface area (Å²) in [6.07, 6.45) is 0. The van der Waals surface area contributed by atoms with Crippen LogP contribution in [-0.4, -0.2) is 14.1 Å². The molecule has 0 amide bonds. The smallest absolute Gasteiger partial charge is 0.409 e. The van der Waals surface area contributed by atoms with Crippen molar-refractivity contribution < 1.29 is 4.74 Å². The van der Waals surface area contributed by atoms with Gasteiger partial charge in [-0.1, -0.05) is 46.3 Å². The number of ether oxygens (including phenoxy) is 1. The van der Waals surface area contributed by atoms with Gasteiger partial charge in [0, 0.05) is 26.7 Å². The highest BCUT2D eigenvalue weighted by Gasteiger charge is 2.27. The van der Waals surface area contributed by atoms with Crippen LogP contribution in [0.15, 0.2) is 59.1 Å². The molecular weight excluding hydrogens is 339 g/mol. The Morgan fingerprint density at radius 2 is 1.64 bits per heavy atom. The Kier molecular flexibility index (Phi) is 3.23. The highest BCUT2D eigenvalue weighted by molar-refractivity contribution is 9.10. The molecule has 0 fully saturated rings. The molecule has 1 aliphatic rings. The van der Waals surface area contributed by atoms with Crippen molar-refractivity contribution in [3.63, 3.8) is 0 Å². The molecule has 0 atom stereocenters. The molecule has 108 valence electrons. The summed E-state index contributed by atoms with van der Waals surface area (Å²) in [4.78, 5) is 0. The molecule has 0 radical (unpaired) electrons. The average Bonchev–Trinajstić information content (AvgIpc) is 2.55. The van der Waals surface area contributed by atoms with E-state index >= 15 is 0 Å². The third-order valence-corrected chi connectivity index (χ3v) is 4.50. The van der Waals surface area contributed by atoms with Crippen LogP contribution in [0, 0.1) is 0 Å². The molecule has 0 aromatic heterocycles. The first-order valence-corrected chi connectivity index (χ1v) is 7.94. The van der Waals surface area contributed by atoms with Crippen molar-refractivity contribution in [2.45, 2.75) is 0 Å². The zero-order valence-corrected chi connectivity index (χ0v) is 13.6. The van der Waals surface area contributed by atoms with Crippen molar-refractivity contribution in [3.05, 3.63) is 59.1 Å². The van der Waals surface area contributed by atoms with E-state index in [4.69, 9.17) is 4.74 Å². The molecule has 3 aromatic rings. The predicted molar refractivity (Wildman–Crippen MR) is 97.3 cm³/mol. The van der Waals surface area contributed by atoms with Crippen molar-refractivity contribution in [1.29, 1.82) is 0 Å². The van der Waals surface area contributed by atoms with E-state index < -0.39 is 0 Å². The maximum atomic E-state index is 5.53. The minimum Gasteiger partial charge on any atom is -0.497 e. The summed E-state index contributed by atoms with van der Waals surface area (Å²) < 4.78 is 6.54. The van der Waals surface area contributed by atoms with Crippen LogP contribution in [0.25, 0.3) is 10.8 Å². The number of hydrogen-bond donors (Lipinski definition) is 2. The summed E-state index contributed by atoms with van der Waals surface area (Å²) in [7, 11) is 1.70. The largest absolute Gasteiger partial charge is 0.497 e. The fourth-order valence-electron chi connectivity index (χ4n) is 3.01. The number of nitrogens with one attached hydrogen (secondary N) is 2. The van der Waals surface area contributed by atoms with E-state index in [-0.39, 0.29) is 6.98 Å². The maximum absolute atomic E-state index is 5.53. The second-order valence-corrected chi connectivity index (χ2v) is 6.23. The summed E-state index contributed by atoms with van der Waals surface area (Å²) in [6, 6.07) is 18.7. The lowest BCUT2D eigenvalue weighted by Crippen LogP contribution is -2.48. The molecule has 4 rings (SSSR count). The van der Waals surface area contributed by atoms with Crippen LogP contribution < -0.4 is 20.7 Å². The molecule has 3 nitrogen and oxygen atoms in total. The molecule has 0 saturated carbocycles. The number of rotatable bonds is 2. The van der Waals surface area contributed by atoms with Crippen LogP contribution in [0.4, 0.5) is 11.4 Å². The Bertz CT molecular complexity index is 828. The lowest BCUT2D eigenvalue weighted by Gasteiger charge is -2.27. The Morgan fingerprint density at radius 1 is 0.955 bits per heavy atom. The summed E-state index contributed by atoms with van der Waals surface area (Å²) in [6.45, 7) is -0.0245. The summed E-state index contributed by atoms with van der Waals surface area (Å²) in [5.41, 5.74) is 3.36. The van der Waals surface area contributed by atoms with E-state index in [1.165, 1.54) is 10.8 Å². The number of hydrogen-bond acceptors (Lipinski definition) is 3. The summed E-state index contributed by atoms with van der Waals surface area (Å²) in [5, 5.41) is 9.60. The topological polar surface area (TPSA) is 33.3 Å². The molecule has 3 aromatic carbocycles. The second-order valence-electron chi connectivity index (χ2n) is 5.32. The van der Waals surface area contributed by atoms with Crippen molar-refractivity contribution in [2.75, 3.05) is 17.6 Å². The predicted octanol–water partition coefficient (Wildman–Crippen LogP) is 3.84. The number of halogens is 1. The Morgan fingerprint density at radius 3 is 2.27 bits per heavy atom. The van der Waals surface area contributed by atoms with Gasteiger partial charge in [-0.05, 0) is 29.7 Å². The normalized spacial score (nSPS) is 12.7. The third-order valence-electron chi connectivity index (χ3n) is 4.01. The highest BCUT2D eigenvalue weighted by atomic mass is 79.9. The molecule has 1 heterocycles. The first-order valence-electron chi connectivity index (χ1n) is 7.14. The molecule has 0 aliphatic carbocycles. The summed E-state index contributed by atoms with van der Waals surface area (Å²) >= 11 is 3.49. The van der Waals surface area contributed by atoms with Crippen LogP contribution in [0.2, 0.25) is 0 Å². The van der Waals surface area contributed by atoms with Crippen LogP contribution in [0.1, 0.15) is 0 Å². The van der Waals surface area contributed by atoms with E-state index in [1.54, 1.807) is 7.11 Å². The van der Waals surface area contributed by atoms with E-state index in [1.807, 2.05) is 12.1 Å². The quantitative estimate of drug-likeness (QED) is 0.687. The van der Waals surface area contributed by atoms with Crippen LogP contribution in [-0.2, 0) is 0 Å².